The fraction of sp³-hybridized carbons (Fsp3) is 0.600. The van der Waals surface area contributed by atoms with E-state index in [1.54, 1.807) is 12.5 Å². The standard InChI is InChI=1S/C10H15FN2O.2ClH/c11-7-10(9-1-6-14-8-9)13-4-2-12-3-5-13;;/h1,6,8,10,12H,2-5,7H2;2*1H/t10-;;/m1../s1. The highest BCUT2D eigenvalue weighted by Gasteiger charge is 2.22. The zero-order valence-electron chi connectivity index (χ0n) is 8.89. The Hall–Kier alpha value is -0.290. The molecule has 1 aromatic rings. The molecule has 0 unspecified atom stereocenters. The van der Waals surface area contributed by atoms with Gasteiger partial charge in [0.05, 0.1) is 18.6 Å². The van der Waals surface area contributed by atoms with Crippen molar-refractivity contribution in [2.75, 3.05) is 32.9 Å². The van der Waals surface area contributed by atoms with Crippen LogP contribution in [0.2, 0.25) is 0 Å². The van der Waals surface area contributed by atoms with Gasteiger partial charge in [-0.05, 0) is 6.07 Å². The smallest absolute Gasteiger partial charge is 0.109 e. The van der Waals surface area contributed by atoms with Crippen molar-refractivity contribution in [1.82, 2.24) is 10.2 Å². The van der Waals surface area contributed by atoms with Crippen LogP contribution in [-0.2, 0) is 0 Å². The number of alkyl halides is 1. The summed E-state index contributed by atoms with van der Waals surface area (Å²) in [5.74, 6) is 0. The molecule has 1 saturated heterocycles. The molecule has 0 spiro atoms. The van der Waals surface area contributed by atoms with E-state index in [0.717, 1.165) is 31.7 Å². The van der Waals surface area contributed by atoms with Crippen molar-refractivity contribution in [2.24, 2.45) is 0 Å². The molecule has 1 fully saturated rings. The Morgan fingerprint density at radius 1 is 1.38 bits per heavy atom. The van der Waals surface area contributed by atoms with E-state index in [1.165, 1.54) is 0 Å². The van der Waals surface area contributed by atoms with E-state index in [9.17, 15) is 4.39 Å². The summed E-state index contributed by atoms with van der Waals surface area (Å²) in [6, 6.07) is 1.71. The molecule has 2 rings (SSSR count). The molecule has 1 N–H and O–H groups in total. The van der Waals surface area contributed by atoms with Crippen LogP contribution in [0.1, 0.15) is 11.6 Å². The normalized spacial score (nSPS) is 18.3. The first-order valence-corrected chi connectivity index (χ1v) is 4.94. The Labute approximate surface area is 107 Å². The number of halogens is 3. The fourth-order valence-electron chi connectivity index (χ4n) is 1.86. The topological polar surface area (TPSA) is 28.4 Å². The van der Waals surface area contributed by atoms with Crippen LogP contribution in [0.15, 0.2) is 23.0 Å². The quantitative estimate of drug-likeness (QED) is 0.912. The van der Waals surface area contributed by atoms with Crippen molar-refractivity contribution in [2.45, 2.75) is 6.04 Å². The second-order valence-corrected chi connectivity index (χ2v) is 3.51. The van der Waals surface area contributed by atoms with Crippen LogP contribution in [0.25, 0.3) is 0 Å². The molecular weight excluding hydrogens is 254 g/mol. The van der Waals surface area contributed by atoms with Crippen LogP contribution in [0.5, 0.6) is 0 Å². The summed E-state index contributed by atoms with van der Waals surface area (Å²) in [7, 11) is 0. The number of furan rings is 1. The summed E-state index contributed by atoms with van der Waals surface area (Å²) in [4.78, 5) is 2.15. The molecule has 1 atom stereocenters. The zero-order valence-corrected chi connectivity index (χ0v) is 10.5. The second-order valence-electron chi connectivity index (χ2n) is 3.51. The lowest BCUT2D eigenvalue weighted by atomic mass is 10.1. The molecule has 1 aliphatic rings. The molecule has 1 aromatic heterocycles. The van der Waals surface area contributed by atoms with Gasteiger partial charge in [0.2, 0.25) is 0 Å². The number of hydrogen-bond acceptors (Lipinski definition) is 3. The molecule has 0 aliphatic carbocycles. The minimum Gasteiger partial charge on any atom is -0.472 e. The summed E-state index contributed by atoms with van der Waals surface area (Å²) in [5, 5.41) is 3.25. The van der Waals surface area contributed by atoms with Crippen LogP contribution >= 0.6 is 24.8 Å². The van der Waals surface area contributed by atoms with Gasteiger partial charge >= 0.3 is 0 Å². The molecule has 94 valence electrons. The minimum absolute atomic E-state index is 0. The van der Waals surface area contributed by atoms with Crippen LogP contribution in [0, 0.1) is 0 Å². The summed E-state index contributed by atoms with van der Waals surface area (Å²) in [6.07, 6.45) is 3.23. The minimum atomic E-state index is -0.348. The average molecular weight is 271 g/mol. The summed E-state index contributed by atoms with van der Waals surface area (Å²) in [5.41, 5.74) is 0.939. The molecule has 0 amide bonds. The van der Waals surface area contributed by atoms with E-state index < -0.39 is 0 Å². The highest BCUT2D eigenvalue weighted by molar-refractivity contribution is 5.85. The largest absolute Gasteiger partial charge is 0.472 e. The number of piperazine rings is 1. The van der Waals surface area contributed by atoms with E-state index in [0.29, 0.717) is 0 Å². The third-order valence-electron chi connectivity index (χ3n) is 2.67. The SMILES string of the molecule is Cl.Cl.FC[C@H](c1ccoc1)N1CCNCC1. The molecule has 3 nitrogen and oxygen atoms in total. The van der Waals surface area contributed by atoms with Crippen LogP contribution in [0.3, 0.4) is 0 Å². The molecule has 0 aromatic carbocycles. The lowest BCUT2D eigenvalue weighted by molar-refractivity contribution is 0.147. The van der Waals surface area contributed by atoms with Crippen molar-refractivity contribution in [3.63, 3.8) is 0 Å². The Morgan fingerprint density at radius 2 is 2.06 bits per heavy atom. The molecular formula is C10H17Cl2FN2O. The molecule has 6 heteroatoms. The van der Waals surface area contributed by atoms with Crippen LogP contribution < -0.4 is 5.32 Å². The average Bonchev–Trinajstić information content (AvgIpc) is 2.74. The highest BCUT2D eigenvalue weighted by Crippen LogP contribution is 2.21. The van der Waals surface area contributed by atoms with Crippen LogP contribution in [0.4, 0.5) is 4.39 Å². The first-order valence-electron chi connectivity index (χ1n) is 4.94. The van der Waals surface area contributed by atoms with Gasteiger partial charge in [-0.2, -0.15) is 0 Å². The van der Waals surface area contributed by atoms with Gasteiger partial charge in [-0.15, -0.1) is 24.8 Å². The van der Waals surface area contributed by atoms with Gasteiger partial charge in [0.15, 0.2) is 0 Å². The second kappa shape index (κ2) is 7.90. The lowest BCUT2D eigenvalue weighted by Crippen LogP contribution is -2.45. The van der Waals surface area contributed by atoms with E-state index in [-0.39, 0.29) is 37.5 Å². The maximum Gasteiger partial charge on any atom is 0.109 e. The van der Waals surface area contributed by atoms with Crippen molar-refractivity contribution >= 4 is 24.8 Å². The Morgan fingerprint density at radius 3 is 2.56 bits per heavy atom. The van der Waals surface area contributed by atoms with Gasteiger partial charge in [0.1, 0.15) is 6.67 Å². The maximum atomic E-state index is 12.9. The third kappa shape index (κ3) is 3.63. The van der Waals surface area contributed by atoms with Crippen molar-refractivity contribution in [3.05, 3.63) is 24.2 Å². The van der Waals surface area contributed by atoms with E-state index >= 15 is 0 Å². The van der Waals surface area contributed by atoms with Gasteiger partial charge < -0.3 is 9.73 Å². The van der Waals surface area contributed by atoms with Crippen molar-refractivity contribution in [3.8, 4) is 0 Å². The lowest BCUT2D eigenvalue weighted by Gasteiger charge is -2.32. The predicted octanol–water partition coefficient (Wildman–Crippen LogP) is 2.04. The van der Waals surface area contributed by atoms with Gasteiger partial charge in [0.25, 0.3) is 0 Å². The number of hydrogen-bond donors (Lipinski definition) is 1. The molecule has 16 heavy (non-hydrogen) atoms. The number of nitrogens with zero attached hydrogens (tertiary/aromatic N) is 1. The van der Waals surface area contributed by atoms with Gasteiger partial charge in [-0.3, -0.25) is 4.90 Å². The Kier molecular flexibility index (Phi) is 7.76. The van der Waals surface area contributed by atoms with Crippen molar-refractivity contribution in [1.29, 1.82) is 0 Å². The Bertz CT molecular complexity index is 266. The summed E-state index contributed by atoms with van der Waals surface area (Å²) < 4.78 is 17.9. The van der Waals surface area contributed by atoms with E-state index in [4.69, 9.17) is 4.42 Å². The molecule has 1 aliphatic heterocycles. The highest BCUT2D eigenvalue weighted by atomic mass is 35.5. The monoisotopic (exact) mass is 270 g/mol. The van der Waals surface area contributed by atoms with Gasteiger partial charge in [-0.25, -0.2) is 4.39 Å². The summed E-state index contributed by atoms with van der Waals surface area (Å²) in [6.45, 7) is 3.34. The van der Waals surface area contributed by atoms with Crippen molar-refractivity contribution < 1.29 is 8.81 Å². The first-order chi connectivity index (χ1) is 6.92. The van der Waals surface area contributed by atoms with Gasteiger partial charge in [-0.1, -0.05) is 0 Å². The fourth-order valence-corrected chi connectivity index (χ4v) is 1.86. The van der Waals surface area contributed by atoms with Gasteiger partial charge in [0, 0.05) is 31.7 Å². The number of nitrogens with one attached hydrogen (secondary N) is 1. The third-order valence-corrected chi connectivity index (χ3v) is 2.67. The Balaban J connectivity index is 0.00000112. The molecule has 0 saturated carbocycles. The maximum absolute atomic E-state index is 12.9. The van der Waals surface area contributed by atoms with E-state index in [2.05, 4.69) is 10.2 Å². The first kappa shape index (κ1) is 15.7. The predicted molar refractivity (Wildman–Crippen MR) is 66.4 cm³/mol. The van der Waals surface area contributed by atoms with E-state index in [1.807, 2.05) is 6.07 Å². The summed E-state index contributed by atoms with van der Waals surface area (Å²) >= 11 is 0. The molecule has 0 radical (unpaired) electrons. The molecule has 2 heterocycles. The zero-order chi connectivity index (χ0) is 9.80. The van der Waals surface area contributed by atoms with Crippen LogP contribution in [-0.4, -0.2) is 37.8 Å². The molecule has 0 bridgehead atoms. The number of rotatable bonds is 3.